The van der Waals surface area contributed by atoms with Crippen LogP contribution in [0.4, 0.5) is 0 Å². The van der Waals surface area contributed by atoms with Gasteiger partial charge >= 0.3 is 0 Å². The Labute approximate surface area is 168 Å². The Bertz CT molecular complexity index is 679. The molecule has 1 N–H and O–H groups in total. The second kappa shape index (κ2) is 9.05. The Morgan fingerprint density at radius 1 is 1.18 bits per heavy atom. The Kier molecular flexibility index (Phi) is 6.73. The molecule has 0 unspecified atom stereocenters. The smallest absolute Gasteiger partial charge is 0.224 e. The lowest BCUT2D eigenvalue weighted by atomic mass is 9.79. The van der Waals surface area contributed by atoms with E-state index < -0.39 is 5.60 Å². The number of hydrogen-bond donors (Lipinski definition) is 1. The van der Waals surface area contributed by atoms with E-state index in [1.165, 1.54) is 0 Å². The maximum absolute atomic E-state index is 12.8. The van der Waals surface area contributed by atoms with Gasteiger partial charge < -0.3 is 19.8 Å². The average Bonchev–Trinajstić information content (AvgIpc) is 2.91. The highest BCUT2D eigenvalue weighted by Gasteiger charge is 2.44. The molecule has 154 valence electrons. The largest absolute Gasteiger partial charge is 0.383 e. The van der Waals surface area contributed by atoms with Crippen LogP contribution in [0.15, 0.2) is 30.3 Å². The van der Waals surface area contributed by atoms with Crippen LogP contribution in [-0.4, -0.2) is 77.9 Å². The van der Waals surface area contributed by atoms with Crippen LogP contribution in [0.1, 0.15) is 44.1 Å². The lowest BCUT2D eigenvalue weighted by molar-refractivity contribution is -0.142. The summed E-state index contributed by atoms with van der Waals surface area (Å²) in [6, 6.07) is 9.57. The number of benzene rings is 1. The van der Waals surface area contributed by atoms with E-state index >= 15 is 0 Å². The second-order valence-corrected chi connectivity index (χ2v) is 8.30. The zero-order valence-electron chi connectivity index (χ0n) is 17.1. The van der Waals surface area contributed by atoms with Gasteiger partial charge in [0.2, 0.25) is 11.8 Å². The first kappa shape index (κ1) is 20.8. The summed E-state index contributed by atoms with van der Waals surface area (Å²) in [5.74, 6) is 0.243. The number of likely N-dealkylation sites (N-methyl/N-ethyl adjacent to an activating group) is 1. The molecular weight excluding hydrogens is 354 g/mol. The molecule has 0 spiro atoms. The van der Waals surface area contributed by atoms with E-state index in [0.717, 1.165) is 31.4 Å². The van der Waals surface area contributed by atoms with Gasteiger partial charge in [0.05, 0.1) is 6.04 Å². The number of amides is 2. The fraction of sp³-hybridized carbons (Fsp3) is 0.636. The van der Waals surface area contributed by atoms with Gasteiger partial charge in [0.15, 0.2) is 0 Å². The summed E-state index contributed by atoms with van der Waals surface area (Å²) in [4.78, 5) is 30.7. The number of hydrogen-bond acceptors (Lipinski definition) is 4. The van der Waals surface area contributed by atoms with Crippen molar-refractivity contribution in [3.05, 3.63) is 35.9 Å². The molecule has 3 rings (SSSR count). The molecule has 2 amide bonds. The molecule has 6 heteroatoms. The predicted molar refractivity (Wildman–Crippen MR) is 109 cm³/mol. The first-order chi connectivity index (χ1) is 13.4. The molecule has 2 heterocycles. The van der Waals surface area contributed by atoms with Crippen molar-refractivity contribution in [3.8, 4) is 0 Å². The van der Waals surface area contributed by atoms with Crippen LogP contribution in [0.3, 0.4) is 0 Å². The SMILES string of the molecule is CN(C)[C@@H]1CN(C(=O)CCN2CCCCCC2=O)CC[C@]1(O)c1ccccc1. The lowest BCUT2D eigenvalue weighted by Gasteiger charge is -2.47. The van der Waals surface area contributed by atoms with Crippen LogP contribution in [0.2, 0.25) is 0 Å². The number of likely N-dealkylation sites (tertiary alicyclic amines) is 2. The van der Waals surface area contributed by atoms with Gasteiger partial charge in [0, 0.05) is 39.0 Å². The zero-order chi connectivity index (χ0) is 20.1. The molecule has 2 aliphatic rings. The van der Waals surface area contributed by atoms with Gasteiger partial charge in [-0.3, -0.25) is 9.59 Å². The van der Waals surface area contributed by atoms with Crippen molar-refractivity contribution in [2.45, 2.75) is 50.2 Å². The molecule has 0 aromatic heterocycles. The standard InChI is InChI=1S/C22H33N3O3/c1-23(2)19-17-25(16-13-22(19,28)18-9-5-3-6-10-18)21(27)12-15-24-14-8-4-7-11-20(24)26/h3,5-6,9-10,19,28H,4,7-8,11-17H2,1-2H3/t19-,22+/m1/s1. The van der Waals surface area contributed by atoms with Crippen molar-refractivity contribution < 1.29 is 14.7 Å². The van der Waals surface area contributed by atoms with Crippen molar-refractivity contribution in [3.63, 3.8) is 0 Å². The van der Waals surface area contributed by atoms with Crippen LogP contribution in [-0.2, 0) is 15.2 Å². The number of nitrogens with zero attached hydrogens (tertiary/aromatic N) is 3. The maximum atomic E-state index is 12.8. The molecule has 1 aromatic carbocycles. The van der Waals surface area contributed by atoms with Crippen molar-refractivity contribution in [1.29, 1.82) is 0 Å². The molecule has 1 aromatic rings. The first-order valence-electron chi connectivity index (χ1n) is 10.4. The van der Waals surface area contributed by atoms with Gasteiger partial charge in [-0.1, -0.05) is 36.8 Å². The van der Waals surface area contributed by atoms with Crippen molar-refractivity contribution in [2.75, 3.05) is 40.3 Å². The number of carbonyl (C=O) groups excluding carboxylic acids is 2. The molecule has 0 aliphatic carbocycles. The lowest BCUT2D eigenvalue weighted by Crippen LogP contribution is -2.60. The fourth-order valence-electron chi connectivity index (χ4n) is 4.47. The molecule has 6 nitrogen and oxygen atoms in total. The van der Waals surface area contributed by atoms with Crippen LogP contribution in [0, 0.1) is 0 Å². The summed E-state index contributed by atoms with van der Waals surface area (Å²) in [5.41, 5.74) is -0.0709. The summed E-state index contributed by atoms with van der Waals surface area (Å²) >= 11 is 0. The van der Waals surface area contributed by atoms with E-state index in [9.17, 15) is 14.7 Å². The van der Waals surface area contributed by atoms with Crippen LogP contribution in [0.25, 0.3) is 0 Å². The van der Waals surface area contributed by atoms with Crippen LogP contribution < -0.4 is 0 Å². The molecule has 2 atom stereocenters. The van der Waals surface area contributed by atoms with Crippen molar-refractivity contribution >= 4 is 11.8 Å². The highest BCUT2D eigenvalue weighted by molar-refractivity contribution is 5.79. The second-order valence-electron chi connectivity index (χ2n) is 8.30. The Hall–Kier alpha value is -1.92. The minimum atomic E-state index is -0.970. The minimum Gasteiger partial charge on any atom is -0.383 e. The topological polar surface area (TPSA) is 64.1 Å². The average molecular weight is 388 g/mol. The van der Waals surface area contributed by atoms with E-state index in [0.29, 0.717) is 38.9 Å². The third kappa shape index (κ3) is 4.55. The number of carbonyl (C=O) groups is 2. The van der Waals surface area contributed by atoms with Crippen LogP contribution in [0.5, 0.6) is 0 Å². The summed E-state index contributed by atoms with van der Waals surface area (Å²) < 4.78 is 0. The summed E-state index contributed by atoms with van der Waals surface area (Å²) in [7, 11) is 3.89. The molecule has 2 aliphatic heterocycles. The molecule has 28 heavy (non-hydrogen) atoms. The van der Waals surface area contributed by atoms with Gasteiger partial charge in [-0.05, 0) is 38.9 Å². The molecule has 2 fully saturated rings. The van der Waals surface area contributed by atoms with Gasteiger partial charge in [-0.25, -0.2) is 0 Å². The molecule has 0 saturated carbocycles. The van der Waals surface area contributed by atoms with E-state index in [1.807, 2.05) is 59.1 Å². The molecule has 0 bridgehead atoms. The summed E-state index contributed by atoms with van der Waals surface area (Å²) in [5, 5.41) is 11.4. The normalized spacial score (nSPS) is 26.4. The van der Waals surface area contributed by atoms with Gasteiger partial charge in [0.1, 0.15) is 5.60 Å². The Balaban J connectivity index is 1.63. The highest BCUT2D eigenvalue weighted by Crippen LogP contribution is 2.35. The molecule has 0 radical (unpaired) electrons. The number of aliphatic hydroxyl groups is 1. The van der Waals surface area contributed by atoms with Gasteiger partial charge in [-0.15, -0.1) is 0 Å². The Morgan fingerprint density at radius 3 is 2.64 bits per heavy atom. The molecular formula is C22H33N3O3. The number of piperidine rings is 1. The van der Waals surface area contributed by atoms with Gasteiger partial charge in [0.25, 0.3) is 0 Å². The summed E-state index contributed by atoms with van der Waals surface area (Å²) in [6.45, 7) is 2.29. The third-order valence-corrected chi connectivity index (χ3v) is 6.22. The maximum Gasteiger partial charge on any atom is 0.224 e. The van der Waals surface area contributed by atoms with E-state index in [4.69, 9.17) is 0 Å². The molecule has 2 saturated heterocycles. The van der Waals surface area contributed by atoms with E-state index in [-0.39, 0.29) is 17.9 Å². The van der Waals surface area contributed by atoms with E-state index in [2.05, 4.69) is 0 Å². The van der Waals surface area contributed by atoms with Crippen molar-refractivity contribution in [1.82, 2.24) is 14.7 Å². The monoisotopic (exact) mass is 387 g/mol. The van der Waals surface area contributed by atoms with Crippen molar-refractivity contribution in [2.24, 2.45) is 0 Å². The minimum absolute atomic E-state index is 0.0685. The van der Waals surface area contributed by atoms with E-state index in [1.54, 1.807) is 0 Å². The zero-order valence-corrected chi connectivity index (χ0v) is 17.1. The highest BCUT2D eigenvalue weighted by atomic mass is 16.3. The third-order valence-electron chi connectivity index (χ3n) is 6.22. The quantitative estimate of drug-likeness (QED) is 0.837. The first-order valence-corrected chi connectivity index (χ1v) is 10.4. The predicted octanol–water partition coefficient (Wildman–Crippen LogP) is 1.83. The van der Waals surface area contributed by atoms with Crippen LogP contribution >= 0.6 is 0 Å². The van der Waals surface area contributed by atoms with Gasteiger partial charge in [-0.2, -0.15) is 0 Å². The number of rotatable bonds is 5. The fourth-order valence-corrected chi connectivity index (χ4v) is 4.47. The summed E-state index contributed by atoms with van der Waals surface area (Å²) in [6.07, 6.45) is 4.54. The Morgan fingerprint density at radius 2 is 1.93 bits per heavy atom.